The fourth-order valence-electron chi connectivity index (χ4n) is 4.93. The second kappa shape index (κ2) is 8.01. The number of rotatable bonds is 4. The number of nitrogens with one attached hydrogen (secondary N) is 1. The number of amides is 1. The number of hydrogen-bond acceptors (Lipinski definition) is 3. The Labute approximate surface area is 189 Å². The van der Waals surface area contributed by atoms with Gasteiger partial charge in [0.1, 0.15) is 0 Å². The molecule has 0 atom stereocenters. The van der Waals surface area contributed by atoms with E-state index in [0.717, 1.165) is 42.3 Å². The number of hydrogen-bond donors (Lipinski definition) is 1. The molecule has 1 aliphatic heterocycles. The largest absolute Gasteiger partial charge is 0.321 e. The van der Waals surface area contributed by atoms with Crippen LogP contribution < -0.4 is 5.32 Å². The zero-order valence-corrected chi connectivity index (χ0v) is 19.3. The van der Waals surface area contributed by atoms with Gasteiger partial charge in [-0.1, -0.05) is 37.3 Å². The molecule has 1 amide bonds. The standard InChI is InChI=1S/C26H28N2O3S/c1-17-12-14-28(15-13-17)32(30,31)21-10-6-18(2)23(16-21)26(29)27-24-11-9-20-8-7-19-4-3-5-22(24)25(19)20/h3-6,9-11,16-17H,7-8,12-15H2,1-2H3,(H,27,29). The van der Waals surface area contributed by atoms with Crippen molar-refractivity contribution in [1.29, 1.82) is 0 Å². The van der Waals surface area contributed by atoms with Crippen LogP contribution in [0.4, 0.5) is 5.69 Å². The van der Waals surface area contributed by atoms with Gasteiger partial charge < -0.3 is 5.32 Å². The van der Waals surface area contributed by atoms with E-state index >= 15 is 0 Å². The summed E-state index contributed by atoms with van der Waals surface area (Å²) in [6.07, 6.45) is 3.78. The normalized spacial score (nSPS) is 17.1. The van der Waals surface area contributed by atoms with Gasteiger partial charge in [-0.25, -0.2) is 8.42 Å². The minimum Gasteiger partial charge on any atom is -0.321 e. The van der Waals surface area contributed by atoms with Crippen LogP contribution in [0.15, 0.2) is 53.4 Å². The number of sulfonamides is 1. The highest BCUT2D eigenvalue weighted by Gasteiger charge is 2.29. The van der Waals surface area contributed by atoms with Crippen LogP contribution in [0, 0.1) is 12.8 Å². The van der Waals surface area contributed by atoms with E-state index in [1.165, 1.54) is 22.6 Å². The van der Waals surface area contributed by atoms with Crippen molar-refractivity contribution < 1.29 is 13.2 Å². The molecule has 1 saturated heterocycles. The maximum atomic E-state index is 13.2. The van der Waals surface area contributed by atoms with E-state index in [0.29, 0.717) is 24.6 Å². The molecular formula is C26H28N2O3S. The van der Waals surface area contributed by atoms with Gasteiger partial charge >= 0.3 is 0 Å². The van der Waals surface area contributed by atoms with Crippen molar-refractivity contribution >= 4 is 32.4 Å². The highest BCUT2D eigenvalue weighted by atomic mass is 32.2. The number of anilines is 1. The first-order valence-electron chi connectivity index (χ1n) is 11.3. The average Bonchev–Trinajstić information content (AvgIpc) is 3.21. The van der Waals surface area contributed by atoms with Gasteiger partial charge in [-0.15, -0.1) is 0 Å². The van der Waals surface area contributed by atoms with E-state index in [4.69, 9.17) is 0 Å². The van der Waals surface area contributed by atoms with Gasteiger partial charge in [-0.2, -0.15) is 4.31 Å². The van der Waals surface area contributed by atoms with Crippen molar-refractivity contribution in [1.82, 2.24) is 4.31 Å². The van der Waals surface area contributed by atoms with Crippen LogP contribution in [0.5, 0.6) is 0 Å². The van der Waals surface area contributed by atoms with Gasteiger partial charge in [0.05, 0.1) is 4.90 Å². The number of aryl methyl sites for hydroxylation is 3. The van der Waals surface area contributed by atoms with E-state index in [1.54, 1.807) is 16.4 Å². The summed E-state index contributed by atoms with van der Waals surface area (Å²) < 4.78 is 27.9. The summed E-state index contributed by atoms with van der Waals surface area (Å²) in [5.74, 6) is 0.254. The van der Waals surface area contributed by atoms with Crippen LogP contribution in [0.1, 0.15) is 46.8 Å². The van der Waals surface area contributed by atoms with E-state index in [2.05, 4.69) is 24.4 Å². The van der Waals surface area contributed by atoms with Crippen LogP contribution in [-0.2, 0) is 22.9 Å². The first-order chi connectivity index (χ1) is 15.3. The Morgan fingerprint density at radius 3 is 2.47 bits per heavy atom. The summed E-state index contributed by atoms with van der Waals surface area (Å²) in [6, 6.07) is 15.1. The van der Waals surface area contributed by atoms with Gasteiger partial charge in [-0.05, 0) is 78.8 Å². The lowest BCUT2D eigenvalue weighted by atomic mass is 10.0. The maximum absolute atomic E-state index is 13.2. The van der Waals surface area contributed by atoms with Gasteiger partial charge in [0.2, 0.25) is 10.0 Å². The van der Waals surface area contributed by atoms with Crippen LogP contribution >= 0.6 is 0 Å². The van der Waals surface area contributed by atoms with Gasteiger partial charge in [-0.3, -0.25) is 4.79 Å². The Morgan fingerprint density at radius 1 is 1.00 bits per heavy atom. The third-order valence-corrected chi connectivity index (χ3v) is 8.85. The van der Waals surface area contributed by atoms with E-state index in [1.807, 2.05) is 25.1 Å². The van der Waals surface area contributed by atoms with E-state index < -0.39 is 10.0 Å². The number of carbonyl (C=O) groups is 1. The molecule has 2 aliphatic rings. The lowest BCUT2D eigenvalue weighted by Crippen LogP contribution is -2.38. The highest BCUT2D eigenvalue weighted by molar-refractivity contribution is 7.89. The molecule has 0 bridgehead atoms. The summed E-state index contributed by atoms with van der Waals surface area (Å²) in [5, 5.41) is 5.31. The number of nitrogens with zero attached hydrogens (tertiary/aromatic N) is 1. The first-order valence-corrected chi connectivity index (χ1v) is 12.7. The molecule has 0 unspecified atom stereocenters. The quantitative estimate of drug-likeness (QED) is 0.616. The molecule has 3 aromatic carbocycles. The lowest BCUT2D eigenvalue weighted by Gasteiger charge is -2.29. The number of piperidine rings is 1. The summed E-state index contributed by atoms with van der Waals surface area (Å²) in [7, 11) is -3.62. The second-order valence-electron chi connectivity index (χ2n) is 9.13. The monoisotopic (exact) mass is 448 g/mol. The Kier molecular flexibility index (Phi) is 5.30. The molecule has 5 rings (SSSR count). The second-order valence-corrected chi connectivity index (χ2v) is 11.1. The molecule has 1 aliphatic carbocycles. The zero-order chi connectivity index (χ0) is 22.5. The van der Waals surface area contributed by atoms with Crippen LogP contribution in [0.25, 0.3) is 10.8 Å². The molecule has 32 heavy (non-hydrogen) atoms. The molecule has 5 nitrogen and oxygen atoms in total. The molecule has 1 N–H and O–H groups in total. The predicted molar refractivity (Wildman–Crippen MR) is 128 cm³/mol. The molecule has 6 heteroatoms. The minimum atomic E-state index is -3.62. The SMILES string of the molecule is Cc1ccc(S(=O)(=O)N2CCC(C)CC2)cc1C(=O)Nc1ccc2c3c(cccc13)CC2. The molecule has 0 spiro atoms. The average molecular weight is 449 g/mol. The van der Waals surface area contributed by atoms with Crippen molar-refractivity contribution in [3.63, 3.8) is 0 Å². The smallest absolute Gasteiger partial charge is 0.255 e. The van der Waals surface area contributed by atoms with Crippen molar-refractivity contribution in [2.75, 3.05) is 18.4 Å². The molecule has 166 valence electrons. The Hall–Kier alpha value is -2.70. The molecule has 0 radical (unpaired) electrons. The van der Waals surface area contributed by atoms with Crippen molar-refractivity contribution in [2.24, 2.45) is 5.92 Å². The third kappa shape index (κ3) is 3.61. The maximum Gasteiger partial charge on any atom is 0.255 e. The van der Waals surface area contributed by atoms with Crippen molar-refractivity contribution in [3.8, 4) is 0 Å². The molecule has 0 saturated carbocycles. The molecular weight excluding hydrogens is 420 g/mol. The van der Waals surface area contributed by atoms with Crippen molar-refractivity contribution in [2.45, 2.75) is 44.4 Å². The molecule has 3 aromatic rings. The highest BCUT2D eigenvalue weighted by Crippen LogP contribution is 2.35. The molecule has 0 aromatic heterocycles. The number of carbonyl (C=O) groups excluding carboxylic acids is 1. The van der Waals surface area contributed by atoms with Crippen molar-refractivity contribution in [3.05, 3.63) is 70.8 Å². The fourth-order valence-corrected chi connectivity index (χ4v) is 6.42. The van der Waals surface area contributed by atoms with Crippen LogP contribution in [0.3, 0.4) is 0 Å². The summed E-state index contributed by atoms with van der Waals surface area (Å²) in [5.41, 5.74) is 4.52. The van der Waals surface area contributed by atoms with Gasteiger partial charge in [0, 0.05) is 29.7 Å². The van der Waals surface area contributed by atoms with Gasteiger partial charge in [0.25, 0.3) is 5.91 Å². The van der Waals surface area contributed by atoms with Gasteiger partial charge in [0.15, 0.2) is 0 Å². The zero-order valence-electron chi connectivity index (χ0n) is 18.5. The molecule has 1 heterocycles. The first kappa shape index (κ1) is 21.2. The lowest BCUT2D eigenvalue weighted by molar-refractivity contribution is 0.102. The third-order valence-electron chi connectivity index (χ3n) is 6.96. The summed E-state index contributed by atoms with van der Waals surface area (Å²) in [4.78, 5) is 13.4. The minimum absolute atomic E-state index is 0.184. The van der Waals surface area contributed by atoms with Crippen LogP contribution in [-0.4, -0.2) is 31.7 Å². The van der Waals surface area contributed by atoms with E-state index in [9.17, 15) is 13.2 Å². The Morgan fingerprint density at radius 2 is 1.72 bits per heavy atom. The van der Waals surface area contributed by atoms with E-state index in [-0.39, 0.29) is 10.8 Å². The Balaban J connectivity index is 1.46. The Bertz CT molecular complexity index is 1310. The summed E-state index contributed by atoms with van der Waals surface area (Å²) in [6.45, 7) is 5.04. The molecule has 1 fully saturated rings. The topological polar surface area (TPSA) is 66.5 Å². The van der Waals surface area contributed by atoms with Crippen LogP contribution in [0.2, 0.25) is 0 Å². The number of benzene rings is 3. The fraction of sp³-hybridized carbons (Fsp3) is 0.346. The predicted octanol–water partition coefficient (Wildman–Crippen LogP) is 4.92. The summed E-state index contributed by atoms with van der Waals surface area (Å²) >= 11 is 0.